The van der Waals surface area contributed by atoms with Crippen molar-refractivity contribution < 1.29 is 5.11 Å². The molecule has 1 aliphatic carbocycles. The molecule has 2 rings (SSSR count). The van der Waals surface area contributed by atoms with Gasteiger partial charge in [0.25, 0.3) is 0 Å². The Kier molecular flexibility index (Phi) is 4.21. The Hall–Kier alpha value is -1.40. The third-order valence-electron chi connectivity index (χ3n) is 3.87. The molecular weight excluding hydrogens is 242 g/mol. The summed E-state index contributed by atoms with van der Waals surface area (Å²) in [4.78, 5) is 8.22. The number of nitrogen functional groups attached to an aromatic ring is 1. The minimum atomic E-state index is -0.634. The van der Waals surface area contributed by atoms with Crippen molar-refractivity contribution in [2.75, 3.05) is 17.3 Å². The summed E-state index contributed by atoms with van der Waals surface area (Å²) in [6, 6.07) is 0. The van der Waals surface area contributed by atoms with Crippen LogP contribution < -0.4 is 16.6 Å². The normalized spacial score (nSPS) is 27.1. The van der Waals surface area contributed by atoms with Crippen LogP contribution in [0.2, 0.25) is 0 Å². The fourth-order valence-corrected chi connectivity index (χ4v) is 2.82. The summed E-state index contributed by atoms with van der Waals surface area (Å²) < 4.78 is 0. The first-order valence-electron chi connectivity index (χ1n) is 6.78. The maximum absolute atomic E-state index is 10.6. The molecule has 1 heterocycles. The number of anilines is 2. The molecule has 1 aliphatic rings. The van der Waals surface area contributed by atoms with E-state index in [4.69, 9.17) is 5.84 Å². The lowest BCUT2D eigenvalue weighted by Crippen LogP contribution is -2.41. The van der Waals surface area contributed by atoms with Crippen molar-refractivity contribution in [3.05, 3.63) is 11.9 Å². The molecule has 1 fully saturated rings. The minimum Gasteiger partial charge on any atom is -0.388 e. The van der Waals surface area contributed by atoms with Crippen molar-refractivity contribution in [3.63, 3.8) is 0 Å². The quantitative estimate of drug-likeness (QED) is 0.486. The first-order chi connectivity index (χ1) is 9.04. The SMILES string of the molecule is Cc1c(NN)ncnc1NCC1(O)CCCC(C)C1. The molecule has 0 radical (unpaired) electrons. The molecule has 19 heavy (non-hydrogen) atoms. The molecule has 2 unspecified atom stereocenters. The summed E-state index contributed by atoms with van der Waals surface area (Å²) in [5.41, 5.74) is 2.76. The lowest BCUT2D eigenvalue weighted by molar-refractivity contribution is -0.000834. The highest BCUT2D eigenvalue weighted by Crippen LogP contribution is 2.32. The Morgan fingerprint density at radius 1 is 1.47 bits per heavy atom. The maximum Gasteiger partial charge on any atom is 0.148 e. The van der Waals surface area contributed by atoms with Crippen LogP contribution in [0.3, 0.4) is 0 Å². The van der Waals surface area contributed by atoms with Crippen molar-refractivity contribution in [1.29, 1.82) is 0 Å². The van der Waals surface area contributed by atoms with Gasteiger partial charge in [0.15, 0.2) is 0 Å². The van der Waals surface area contributed by atoms with Crippen molar-refractivity contribution in [1.82, 2.24) is 9.97 Å². The van der Waals surface area contributed by atoms with Gasteiger partial charge < -0.3 is 15.8 Å². The molecule has 1 saturated carbocycles. The molecule has 0 saturated heterocycles. The van der Waals surface area contributed by atoms with E-state index in [-0.39, 0.29) is 0 Å². The second-order valence-corrected chi connectivity index (χ2v) is 5.62. The van der Waals surface area contributed by atoms with Crippen molar-refractivity contribution in [3.8, 4) is 0 Å². The second-order valence-electron chi connectivity index (χ2n) is 5.62. The Morgan fingerprint density at radius 2 is 2.21 bits per heavy atom. The molecule has 1 aromatic rings. The van der Waals surface area contributed by atoms with Crippen LogP contribution in [0, 0.1) is 12.8 Å². The Labute approximate surface area is 113 Å². The topological polar surface area (TPSA) is 96.1 Å². The highest BCUT2D eigenvalue weighted by Gasteiger charge is 2.32. The van der Waals surface area contributed by atoms with Gasteiger partial charge in [0.1, 0.15) is 18.0 Å². The number of hydrogen-bond acceptors (Lipinski definition) is 6. The third-order valence-corrected chi connectivity index (χ3v) is 3.87. The van der Waals surface area contributed by atoms with Crippen LogP contribution in [0.25, 0.3) is 0 Å². The number of nitrogens with two attached hydrogens (primary N) is 1. The lowest BCUT2D eigenvalue weighted by atomic mass is 9.79. The van der Waals surface area contributed by atoms with E-state index in [1.807, 2.05) is 6.92 Å². The van der Waals surface area contributed by atoms with Gasteiger partial charge >= 0.3 is 0 Å². The summed E-state index contributed by atoms with van der Waals surface area (Å²) in [6.45, 7) is 4.60. The van der Waals surface area contributed by atoms with Gasteiger partial charge in [-0.3, -0.25) is 0 Å². The van der Waals surface area contributed by atoms with Gasteiger partial charge in [-0.05, 0) is 25.7 Å². The molecule has 2 atom stereocenters. The minimum absolute atomic E-state index is 0.513. The van der Waals surface area contributed by atoms with E-state index >= 15 is 0 Å². The first-order valence-corrected chi connectivity index (χ1v) is 6.78. The van der Waals surface area contributed by atoms with E-state index in [1.165, 1.54) is 12.7 Å². The van der Waals surface area contributed by atoms with Crippen LogP contribution in [0.5, 0.6) is 0 Å². The number of nitrogens with one attached hydrogen (secondary N) is 2. The molecule has 0 spiro atoms. The lowest BCUT2D eigenvalue weighted by Gasteiger charge is -2.35. The van der Waals surface area contributed by atoms with Crippen molar-refractivity contribution in [2.24, 2.45) is 11.8 Å². The van der Waals surface area contributed by atoms with Crippen LogP contribution in [0.1, 0.15) is 38.2 Å². The van der Waals surface area contributed by atoms with E-state index in [2.05, 4.69) is 27.6 Å². The van der Waals surface area contributed by atoms with Gasteiger partial charge in [-0.2, -0.15) is 0 Å². The zero-order chi connectivity index (χ0) is 13.9. The number of aliphatic hydroxyl groups is 1. The van der Waals surface area contributed by atoms with E-state index < -0.39 is 5.60 Å². The maximum atomic E-state index is 10.6. The summed E-state index contributed by atoms with van der Waals surface area (Å²) in [5.74, 6) is 7.28. The molecule has 5 N–H and O–H groups in total. The number of nitrogens with zero attached hydrogens (tertiary/aromatic N) is 2. The van der Waals surface area contributed by atoms with Gasteiger partial charge in [-0.15, -0.1) is 0 Å². The monoisotopic (exact) mass is 265 g/mol. The Bertz CT molecular complexity index is 439. The van der Waals surface area contributed by atoms with E-state index in [0.29, 0.717) is 18.3 Å². The predicted octanol–water partition coefficient (Wildman–Crippen LogP) is 1.42. The van der Waals surface area contributed by atoms with Gasteiger partial charge in [0.05, 0.1) is 5.60 Å². The van der Waals surface area contributed by atoms with Gasteiger partial charge in [0, 0.05) is 12.1 Å². The predicted molar refractivity (Wildman–Crippen MR) is 75.7 cm³/mol. The average Bonchev–Trinajstić information content (AvgIpc) is 2.37. The van der Waals surface area contributed by atoms with Crippen molar-refractivity contribution >= 4 is 11.6 Å². The van der Waals surface area contributed by atoms with Gasteiger partial charge in [-0.25, -0.2) is 15.8 Å². The summed E-state index contributed by atoms with van der Waals surface area (Å²) in [5, 5.41) is 13.8. The fourth-order valence-electron chi connectivity index (χ4n) is 2.82. The van der Waals surface area contributed by atoms with Crippen molar-refractivity contribution in [2.45, 2.75) is 45.1 Å². The largest absolute Gasteiger partial charge is 0.388 e. The highest BCUT2D eigenvalue weighted by atomic mass is 16.3. The summed E-state index contributed by atoms with van der Waals surface area (Å²) in [7, 11) is 0. The van der Waals surface area contributed by atoms with Crippen LogP contribution in [-0.2, 0) is 0 Å². The van der Waals surface area contributed by atoms with Crippen LogP contribution >= 0.6 is 0 Å². The molecule has 1 aromatic heterocycles. The van der Waals surface area contributed by atoms with Gasteiger partial charge in [-0.1, -0.05) is 19.8 Å². The molecular formula is C13H23N5O. The molecule has 0 bridgehead atoms. The summed E-state index contributed by atoms with van der Waals surface area (Å²) in [6.07, 6.45) is 5.43. The Balaban J connectivity index is 2.02. The zero-order valence-corrected chi connectivity index (χ0v) is 11.6. The number of hydrazine groups is 1. The molecule has 6 heteroatoms. The van der Waals surface area contributed by atoms with E-state index in [1.54, 1.807) is 0 Å². The number of aromatic nitrogens is 2. The molecule has 0 aliphatic heterocycles. The zero-order valence-electron chi connectivity index (χ0n) is 11.6. The Morgan fingerprint density at radius 3 is 2.89 bits per heavy atom. The highest BCUT2D eigenvalue weighted by molar-refractivity contribution is 5.55. The standard InChI is InChI=1S/C13H23N5O/c1-9-4-3-5-13(19,6-9)7-15-11-10(2)12(18-14)17-8-16-11/h8-9,19H,3-7,14H2,1-2H3,(H2,15,16,17,18). The second kappa shape index (κ2) is 5.71. The van der Waals surface area contributed by atoms with Crippen LogP contribution in [-0.4, -0.2) is 27.2 Å². The fraction of sp³-hybridized carbons (Fsp3) is 0.692. The number of rotatable bonds is 4. The van der Waals surface area contributed by atoms with Crippen LogP contribution in [0.4, 0.5) is 11.6 Å². The van der Waals surface area contributed by atoms with E-state index in [9.17, 15) is 5.11 Å². The molecule has 106 valence electrons. The number of hydrogen-bond donors (Lipinski definition) is 4. The molecule has 6 nitrogen and oxygen atoms in total. The summed E-state index contributed by atoms with van der Waals surface area (Å²) >= 11 is 0. The molecule has 0 aromatic carbocycles. The third kappa shape index (κ3) is 3.33. The average molecular weight is 265 g/mol. The van der Waals surface area contributed by atoms with E-state index in [0.717, 1.165) is 30.6 Å². The smallest absolute Gasteiger partial charge is 0.148 e. The van der Waals surface area contributed by atoms with Gasteiger partial charge in [0.2, 0.25) is 0 Å². The first kappa shape index (κ1) is 14.0. The molecule has 0 amide bonds. The van der Waals surface area contributed by atoms with Crippen LogP contribution in [0.15, 0.2) is 6.33 Å².